The van der Waals surface area contributed by atoms with Crippen molar-refractivity contribution in [2.75, 3.05) is 0 Å². The molecule has 0 aliphatic carbocycles. The maximum Gasteiger partial charge on any atom is 0.178 e. The predicted octanol–water partition coefficient (Wildman–Crippen LogP) is 11.7. The molecule has 0 saturated heterocycles. The lowest BCUT2D eigenvalue weighted by Gasteiger charge is -2.16. The topological polar surface area (TPSA) is 26.3 Å². The molecule has 0 unspecified atom stereocenters. The van der Waals surface area contributed by atoms with Crippen LogP contribution in [0.3, 0.4) is 0 Å². The van der Waals surface area contributed by atoms with E-state index in [1.165, 1.54) is 0 Å². The van der Waals surface area contributed by atoms with E-state index in [0.717, 1.165) is 87.3 Å². The standard InChI is InChI=1S/C40H22O2/c1-2-6-23(7-3-1)27-15-10-24-13-19-32-28(16-11-25-12-18-31(27)37(24)38(25)32)26-14-17-30-34-21-20-33-29-8-4-5-9-35(29)41-39(33)40(34)42-36(30)22-26/h1-22H/i1D,2D,3D,6D,7D. The number of hydrogen-bond donors (Lipinski definition) is 0. The van der Waals surface area contributed by atoms with Gasteiger partial charge < -0.3 is 8.83 Å². The fraction of sp³-hybridized carbons (Fsp3) is 0. The SMILES string of the molecule is [2H]c1c([2H])c([2H])c(-c2ccc3ccc4c(-c5ccc6c(c5)oc5c6ccc6c7ccccc7oc65)ccc5ccc2c3c54)c([2H])c1[2H]. The molecule has 10 aromatic rings. The monoisotopic (exact) mass is 539 g/mol. The van der Waals surface area contributed by atoms with Gasteiger partial charge in [0.05, 0.1) is 6.85 Å². The maximum absolute atomic E-state index is 8.65. The van der Waals surface area contributed by atoms with Crippen molar-refractivity contribution < 1.29 is 15.7 Å². The third-order valence-electron chi connectivity index (χ3n) is 8.73. The third kappa shape index (κ3) is 2.88. The lowest BCUT2D eigenvalue weighted by atomic mass is 9.87. The molecule has 0 saturated carbocycles. The maximum atomic E-state index is 8.65. The molecule has 0 aliphatic heterocycles. The summed E-state index contributed by atoms with van der Waals surface area (Å²) in [6.07, 6.45) is 0. The lowest BCUT2D eigenvalue weighted by molar-refractivity contribution is 0.633. The average Bonchev–Trinajstić information content (AvgIpc) is 3.67. The zero-order valence-electron chi connectivity index (χ0n) is 27.1. The molecule has 0 amide bonds. The second-order valence-electron chi connectivity index (χ2n) is 10.9. The average molecular weight is 540 g/mol. The molecule has 0 aliphatic rings. The summed E-state index contributed by atoms with van der Waals surface area (Å²) in [5.74, 6) is 0. The van der Waals surface area contributed by atoms with Crippen molar-refractivity contribution in [2.24, 2.45) is 0 Å². The Balaban J connectivity index is 1.21. The van der Waals surface area contributed by atoms with Crippen LogP contribution in [0, 0.1) is 0 Å². The van der Waals surface area contributed by atoms with E-state index in [9.17, 15) is 0 Å². The van der Waals surface area contributed by atoms with Crippen molar-refractivity contribution in [3.8, 4) is 22.3 Å². The van der Waals surface area contributed by atoms with Crippen LogP contribution in [0.5, 0.6) is 0 Å². The number of furan rings is 2. The van der Waals surface area contributed by atoms with E-state index in [2.05, 4.69) is 60.7 Å². The van der Waals surface area contributed by atoms with Gasteiger partial charge in [0.15, 0.2) is 11.2 Å². The van der Waals surface area contributed by atoms with Crippen molar-refractivity contribution >= 4 is 76.2 Å². The zero-order valence-corrected chi connectivity index (χ0v) is 22.1. The van der Waals surface area contributed by atoms with Crippen LogP contribution >= 0.6 is 0 Å². The number of benzene rings is 8. The highest BCUT2D eigenvalue weighted by Crippen LogP contribution is 2.44. The fourth-order valence-electron chi connectivity index (χ4n) is 6.84. The molecule has 0 atom stereocenters. The summed E-state index contributed by atoms with van der Waals surface area (Å²) in [6, 6.07) is 33.5. The summed E-state index contributed by atoms with van der Waals surface area (Å²) < 4.78 is 54.7. The van der Waals surface area contributed by atoms with Gasteiger partial charge in [0.25, 0.3) is 0 Å². The van der Waals surface area contributed by atoms with Gasteiger partial charge in [-0.3, -0.25) is 0 Å². The molecule has 0 bridgehead atoms. The second kappa shape index (κ2) is 7.99. The molecule has 2 aromatic heterocycles. The number of fused-ring (bicyclic) bond motifs is 7. The Morgan fingerprint density at radius 3 is 1.69 bits per heavy atom. The molecule has 0 spiro atoms. The highest BCUT2D eigenvalue weighted by molar-refractivity contribution is 6.28. The Hall–Kier alpha value is -5.60. The van der Waals surface area contributed by atoms with Crippen molar-refractivity contribution in [3.05, 3.63) is 133 Å². The van der Waals surface area contributed by atoms with Crippen LogP contribution < -0.4 is 0 Å². The second-order valence-corrected chi connectivity index (χ2v) is 10.9. The molecular weight excluding hydrogens is 512 g/mol. The van der Waals surface area contributed by atoms with Crippen molar-refractivity contribution in [1.29, 1.82) is 0 Å². The molecule has 0 radical (unpaired) electrons. The summed E-state index contributed by atoms with van der Waals surface area (Å²) in [5.41, 5.74) is 6.00. The summed E-state index contributed by atoms with van der Waals surface area (Å²) in [6.45, 7) is 0. The predicted molar refractivity (Wildman–Crippen MR) is 176 cm³/mol. The van der Waals surface area contributed by atoms with Gasteiger partial charge in [0, 0.05) is 21.5 Å². The van der Waals surface area contributed by atoms with E-state index >= 15 is 0 Å². The van der Waals surface area contributed by atoms with Gasteiger partial charge in [-0.25, -0.2) is 0 Å². The molecule has 2 nitrogen and oxygen atoms in total. The highest BCUT2D eigenvalue weighted by atomic mass is 16.4. The van der Waals surface area contributed by atoms with E-state index in [0.29, 0.717) is 5.56 Å². The first kappa shape index (κ1) is 18.0. The van der Waals surface area contributed by atoms with Gasteiger partial charge in [0.2, 0.25) is 0 Å². The molecule has 0 fully saturated rings. The zero-order chi connectivity index (χ0) is 31.7. The van der Waals surface area contributed by atoms with E-state index in [1.54, 1.807) is 0 Å². The summed E-state index contributed by atoms with van der Waals surface area (Å²) in [4.78, 5) is 0. The van der Waals surface area contributed by atoms with Crippen LogP contribution in [0.25, 0.3) is 98.4 Å². The van der Waals surface area contributed by atoms with Gasteiger partial charge in [0.1, 0.15) is 11.2 Å². The molecule has 10 rings (SSSR count). The fourth-order valence-corrected chi connectivity index (χ4v) is 6.84. The van der Waals surface area contributed by atoms with Crippen LogP contribution in [0.4, 0.5) is 0 Å². The quantitative estimate of drug-likeness (QED) is 0.204. The summed E-state index contributed by atoms with van der Waals surface area (Å²) >= 11 is 0. The van der Waals surface area contributed by atoms with Crippen LogP contribution in [0.15, 0.2) is 142 Å². The third-order valence-corrected chi connectivity index (χ3v) is 8.73. The van der Waals surface area contributed by atoms with Gasteiger partial charge in [-0.05, 0) is 84.9 Å². The molecule has 2 heterocycles. The van der Waals surface area contributed by atoms with Crippen LogP contribution in [-0.2, 0) is 0 Å². The van der Waals surface area contributed by atoms with E-state index < -0.39 is 6.04 Å². The minimum absolute atomic E-state index is 0.203. The Bertz CT molecular complexity index is 2940. The van der Waals surface area contributed by atoms with Crippen molar-refractivity contribution in [3.63, 3.8) is 0 Å². The van der Waals surface area contributed by atoms with E-state index in [1.807, 2.05) is 42.5 Å². The Kier molecular flexibility index (Phi) is 3.42. The molecule has 0 N–H and O–H groups in total. The summed E-state index contributed by atoms with van der Waals surface area (Å²) in [7, 11) is 0. The minimum Gasteiger partial charge on any atom is -0.452 e. The summed E-state index contributed by atoms with van der Waals surface area (Å²) in [5, 5.41) is 10.2. The molecular formula is C40H22O2. The van der Waals surface area contributed by atoms with Gasteiger partial charge in [-0.1, -0.05) is 103 Å². The van der Waals surface area contributed by atoms with Gasteiger partial charge in [-0.15, -0.1) is 0 Å². The molecule has 194 valence electrons. The molecule has 8 aromatic carbocycles. The number of hydrogen-bond acceptors (Lipinski definition) is 2. The van der Waals surface area contributed by atoms with Gasteiger partial charge >= 0.3 is 0 Å². The smallest absolute Gasteiger partial charge is 0.178 e. The van der Waals surface area contributed by atoms with E-state index in [4.69, 9.17) is 15.7 Å². The van der Waals surface area contributed by atoms with Crippen molar-refractivity contribution in [1.82, 2.24) is 0 Å². The van der Waals surface area contributed by atoms with Crippen LogP contribution in [0.2, 0.25) is 0 Å². The molecule has 42 heavy (non-hydrogen) atoms. The Morgan fingerprint density at radius 2 is 0.976 bits per heavy atom. The Morgan fingerprint density at radius 1 is 0.429 bits per heavy atom. The number of rotatable bonds is 2. The lowest BCUT2D eigenvalue weighted by Crippen LogP contribution is -1.89. The number of para-hydroxylation sites is 1. The van der Waals surface area contributed by atoms with Crippen LogP contribution in [0.1, 0.15) is 6.85 Å². The van der Waals surface area contributed by atoms with Gasteiger partial charge in [-0.2, -0.15) is 0 Å². The first-order chi connectivity index (χ1) is 22.9. The first-order valence-corrected chi connectivity index (χ1v) is 13.9. The molecule has 2 heteroatoms. The first-order valence-electron chi connectivity index (χ1n) is 16.4. The van der Waals surface area contributed by atoms with Crippen LogP contribution in [-0.4, -0.2) is 0 Å². The van der Waals surface area contributed by atoms with E-state index in [-0.39, 0.29) is 29.7 Å². The largest absolute Gasteiger partial charge is 0.452 e. The Labute approximate surface area is 247 Å². The van der Waals surface area contributed by atoms with Crippen molar-refractivity contribution in [2.45, 2.75) is 0 Å². The normalized spacial score (nSPS) is 14.0. The minimum atomic E-state index is -0.394. The highest BCUT2D eigenvalue weighted by Gasteiger charge is 2.18.